The van der Waals surface area contributed by atoms with E-state index < -0.39 is 0 Å². The molecule has 5 nitrogen and oxygen atoms in total. The van der Waals surface area contributed by atoms with Crippen molar-refractivity contribution in [1.29, 1.82) is 0 Å². The number of aromatic nitrogens is 1. The molecule has 28 heavy (non-hydrogen) atoms. The second kappa shape index (κ2) is 8.02. The molecule has 2 aromatic carbocycles. The Kier molecular flexibility index (Phi) is 5.30. The Balaban J connectivity index is 1.40. The van der Waals surface area contributed by atoms with Crippen molar-refractivity contribution >= 4 is 17.2 Å². The molecule has 0 unspecified atom stereocenters. The lowest BCUT2D eigenvalue weighted by Crippen LogP contribution is -2.28. The first kappa shape index (κ1) is 18.5. The van der Waals surface area contributed by atoms with Crippen LogP contribution in [-0.4, -0.2) is 36.1 Å². The zero-order chi connectivity index (χ0) is 19.5. The maximum absolute atomic E-state index is 12.6. The van der Waals surface area contributed by atoms with Gasteiger partial charge in [-0.1, -0.05) is 29.8 Å². The van der Waals surface area contributed by atoms with Gasteiger partial charge in [0.25, 0.3) is 0 Å². The van der Waals surface area contributed by atoms with Crippen LogP contribution in [0.15, 0.2) is 47.8 Å². The van der Waals surface area contributed by atoms with E-state index in [0.29, 0.717) is 26.2 Å². The summed E-state index contributed by atoms with van der Waals surface area (Å²) in [6.45, 7) is 3.71. The summed E-state index contributed by atoms with van der Waals surface area (Å²) in [5.41, 5.74) is 4.11. The molecule has 1 aliphatic rings. The SMILES string of the molecule is Cc1cccc(-c2nc(CC(=O)N(C)Cc3ccc4c(c3)OCCO4)cs2)c1. The van der Waals surface area contributed by atoms with E-state index in [4.69, 9.17) is 9.47 Å². The van der Waals surface area contributed by atoms with Gasteiger partial charge in [0.1, 0.15) is 18.2 Å². The monoisotopic (exact) mass is 394 g/mol. The van der Waals surface area contributed by atoms with Gasteiger partial charge in [-0.25, -0.2) is 4.98 Å². The zero-order valence-corrected chi connectivity index (χ0v) is 16.8. The predicted octanol–water partition coefficient (Wildman–Crippen LogP) is 4.09. The highest BCUT2D eigenvalue weighted by atomic mass is 32.1. The van der Waals surface area contributed by atoms with Crippen LogP contribution < -0.4 is 9.47 Å². The van der Waals surface area contributed by atoms with Gasteiger partial charge in [0.15, 0.2) is 11.5 Å². The molecule has 4 rings (SSSR count). The second-order valence-electron chi connectivity index (χ2n) is 6.92. The number of rotatable bonds is 5. The van der Waals surface area contributed by atoms with Crippen molar-refractivity contribution in [2.24, 2.45) is 0 Å². The Labute approximate surface area is 168 Å². The summed E-state index contributed by atoms with van der Waals surface area (Å²) in [6.07, 6.45) is 0.295. The van der Waals surface area contributed by atoms with Gasteiger partial charge >= 0.3 is 0 Å². The molecular weight excluding hydrogens is 372 g/mol. The summed E-state index contributed by atoms with van der Waals surface area (Å²) >= 11 is 1.57. The fraction of sp³-hybridized carbons (Fsp3) is 0.273. The van der Waals surface area contributed by atoms with Gasteiger partial charge in [0.2, 0.25) is 5.91 Å². The minimum absolute atomic E-state index is 0.0379. The van der Waals surface area contributed by atoms with Crippen LogP contribution in [0.25, 0.3) is 10.6 Å². The molecule has 0 aliphatic carbocycles. The van der Waals surface area contributed by atoms with Crippen LogP contribution in [0.2, 0.25) is 0 Å². The zero-order valence-electron chi connectivity index (χ0n) is 16.0. The van der Waals surface area contributed by atoms with Gasteiger partial charge in [-0.3, -0.25) is 4.79 Å². The van der Waals surface area contributed by atoms with Gasteiger partial charge in [-0.15, -0.1) is 11.3 Å². The largest absolute Gasteiger partial charge is 0.486 e. The molecule has 144 valence electrons. The topological polar surface area (TPSA) is 51.7 Å². The maximum Gasteiger partial charge on any atom is 0.228 e. The number of fused-ring (bicyclic) bond motifs is 1. The first-order valence-electron chi connectivity index (χ1n) is 9.22. The molecule has 0 atom stereocenters. The van der Waals surface area contributed by atoms with Crippen LogP contribution >= 0.6 is 11.3 Å². The number of ether oxygens (including phenoxy) is 2. The van der Waals surface area contributed by atoms with Gasteiger partial charge in [-0.05, 0) is 30.7 Å². The number of nitrogens with zero attached hydrogens (tertiary/aromatic N) is 2. The number of hydrogen-bond donors (Lipinski definition) is 0. The minimum Gasteiger partial charge on any atom is -0.486 e. The van der Waals surface area contributed by atoms with Gasteiger partial charge in [0, 0.05) is 24.5 Å². The van der Waals surface area contributed by atoms with Crippen LogP contribution in [0.4, 0.5) is 0 Å². The molecule has 1 amide bonds. The third kappa shape index (κ3) is 4.17. The molecule has 1 aromatic heterocycles. The molecule has 0 spiro atoms. The molecule has 1 aliphatic heterocycles. The average Bonchev–Trinajstić information content (AvgIpc) is 3.16. The molecule has 0 bridgehead atoms. The first-order valence-corrected chi connectivity index (χ1v) is 10.1. The molecule has 6 heteroatoms. The van der Waals surface area contributed by atoms with Crippen molar-refractivity contribution < 1.29 is 14.3 Å². The Morgan fingerprint density at radius 1 is 1.14 bits per heavy atom. The number of thiazole rings is 1. The Morgan fingerprint density at radius 2 is 1.96 bits per heavy atom. The highest BCUT2D eigenvalue weighted by Crippen LogP contribution is 2.31. The fourth-order valence-electron chi connectivity index (χ4n) is 3.14. The van der Waals surface area contributed by atoms with Gasteiger partial charge in [-0.2, -0.15) is 0 Å². The van der Waals surface area contributed by atoms with Crippen molar-refractivity contribution in [3.63, 3.8) is 0 Å². The third-order valence-electron chi connectivity index (χ3n) is 4.60. The van der Waals surface area contributed by atoms with Crippen LogP contribution in [0.3, 0.4) is 0 Å². The quantitative estimate of drug-likeness (QED) is 0.654. The summed E-state index contributed by atoms with van der Waals surface area (Å²) in [5.74, 6) is 1.54. The van der Waals surface area contributed by atoms with Gasteiger partial charge in [0.05, 0.1) is 12.1 Å². The summed E-state index contributed by atoms with van der Waals surface area (Å²) < 4.78 is 11.2. The number of carbonyl (C=O) groups excluding carboxylic acids is 1. The van der Waals surface area contributed by atoms with E-state index >= 15 is 0 Å². The highest BCUT2D eigenvalue weighted by Gasteiger charge is 2.16. The molecule has 0 N–H and O–H groups in total. The first-order chi connectivity index (χ1) is 13.6. The van der Waals surface area contributed by atoms with E-state index in [1.165, 1.54) is 5.56 Å². The number of benzene rings is 2. The highest BCUT2D eigenvalue weighted by molar-refractivity contribution is 7.13. The van der Waals surface area contributed by atoms with E-state index in [9.17, 15) is 4.79 Å². The number of hydrogen-bond acceptors (Lipinski definition) is 5. The van der Waals surface area contributed by atoms with Crippen LogP contribution in [0, 0.1) is 6.92 Å². The lowest BCUT2D eigenvalue weighted by atomic mass is 10.1. The number of likely N-dealkylation sites (N-methyl/N-ethyl adjacent to an activating group) is 1. The lowest BCUT2D eigenvalue weighted by Gasteiger charge is -2.21. The van der Waals surface area contributed by atoms with Crippen molar-refractivity contribution in [2.75, 3.05) is 20.3 Å². The Bertz CT molecular complexity index is 999. The number of amides is 1. The van der Waals surface area contributed by atoms with Crippen LogP contribution in [0.5, 0.6) is 11.5 Å². The molecule has 2 heterocycles. The molecule has 0 saturated heterocycles. The van der Waals surface area contributed by atoms with E-state index in [1.807, 2.05) is 42.8 Å². The predicted molar refractivity (Wildman–Crippen MR) is 110 cm³/mol. The summed E-state index contributed by atoms with van der Waals surface area (Å²) in [6, 6.07) is 14.1. The summed E-state index contributed by atoms with van der Waals surface area (Å²) in [7, 11) is 1.81. The molecule has 0 fully saturated rings. The third-order valence-corrected chi connectivity index (χ3v) is 5.54. The number of carbonyl (C=O) groups is 1. The average molecular weight is 394 g/mol. The van der Waals surface area contributed by atoms with Crippen molar-refractivity contribution in [2.45, 2.75) is 19.9 Å². The smallest absolute Gasteiger partial charge is 0.228 e. The van der Waals surface area contributed by atoms with E-state index in [2.05, 4.69) is 24.0 Å². The minimum atomic E-state index is 0.0379. The standard InChI is InChI=1S/C22H22N2O3S/c1-15-4-3-5-17(10-15)22-23-18(14-28-22)12-21(25)24(2)13-16-6-7-19-20(11-16)27-9-8-26-19/h3-7,10-11,14H,8-9,12-13H2,1-2H3. The Morgan fingerprint density at radius 3 is 2.79 bits per heavy atom. The van der Waals surface area contributed by atoms with Crippen molar-refractivity contribution in [1.82, 2.24) is 9.88 Å². The van der Waals surface area contributed by atoms with E-state index in [0.717, 1.165) is 33.3 Å². The Hall–Kier alpha value is -2.86. The maximum atomic E-state index is 12.6. The second-order valence-corrected chi connectivity index (χ2v) is 7.78. The van der Waals surface area contributed by atoms with E-state index in [1.54, 1.807) is 16.2 Å². The molecule has 3 aromatic rings. The van der Waals surface area contributed by atoms with Gasteiger partial charge < -0.3 is 14.4 Å². The van der Waals surface area contributed by atoms with Crippen molar-refractivity contribution in [3.05, 3.63) is 64.7 Å². The normalized spacial score (nSPS) is 12.6. The summed E-state index contributed by atoms with van der Waals surface area (Å²) in [5, 5.41) is 2.91. The molecule has 0 saturated carbocycles. The fourth-order valence-corrected chi connectivity index (χ4v) is 3.95. The molecule has 0 radical (unpaired) electrons. The van der Waals surface area contributed by atoms with Crippen LogP contribution in [-0.2, 0) is 17.8 Å². The van der Waals surface area contributed by atoms with E-state index in [-0.39, 0.29) is 5.91 Å². The van der Waals surface area contributed by atoms with Crippen LogP contribution in [0.1, 0.15) is 16.8 Å². The number of aryl methyl sites for hydroxylation is 1. The lowest BCUT2D eigenvalue weighted by molar-refractivity contribution is -0.129. The molecular formula is C22H22N2O3S. The summed E-state index contributed by atoms with van der Waals surface area (Å²) in [4.78, 5) is 19.0. The van der Waals surface area contributed by atoms with Crippen molar-refractivity contribution in [3.8, 4) is 22.1 Å².